The number of allylic oxidation sites excluding steroid dienone is 2. The van der Waals surface area contributed by atoms with Crippen molar-refractivity contribution >= 4 is 11.4 Å². The maximum absolute atomic E-state index is 12.1. The molecule has 140 valence electrons. The van der Waals surface area contributed by atoms with E-state index in [0.29, 0.717) is 21.8 Å². The second kappa shape index (κ2) is 10.0. The molecule has 6 heteroatoms. The fourth-order valence-electron chi connectivity index (χ4n) is 2.02. The summed E-state index contributed by atoms with van der Waals surface area (Å²) in [6.07, 6.45) is 9.53. The van der Waals surface area contributed by atoms with Crippen LogP contribution >= 0.6 is 0 Å². The van der Waals surface area contributed by atoms with Crippen LogP contribution in [0.25, 0.3) is 0 Å². The molecule has 0 atom stereocenters. The summed E-state index contributed by atoms with van der Waals surface area (Å²) in [6, 6.07) is 13.8. The smallest absolute Gasteiger partial charge is 0.162 e. The Balaban J connectivity index is 1.89. The predicted octanol–water partition coefficient (Wildman–Crippen LogP) is 4.55. The highest BCUT2D eigenvalue weighted by Crippen LogP contribution is 2.17. The largest absolute Gasteiger partial charge is 0.733 e. The van der Waals surface area contributed by atoms with Gasteiger partial charge in [-0.25, -0.2) is 0 Å². The van der Waals surface area contributed by atoms with Crippen LogP contribution in [0.2, 0.25) is 0 Å². The SMILES string of the molecule is C#C/C=C(\C=C/CON([O-])c1ccc(C)cc1)ON([O-])c1ccc(C)cc1. The van der Waals surface area contributed by atoms with E-state index in [1.165, 1.54) is 18.2 Å². The molecule has 0 aliphatic rings. The molecule has 6 nitrogen and oxygen atoms in total. The van der Waals surface area contributed by atoms with Crippen LogP contribution in [0.3, 0.4) is 0 Å². The van der Waals surface area contributed by atoms with E-state index >= 15 is 0 Å². The first-order chi connectivity index (χ1) is 13.0. The van der Waals surface area contributed by atoms with Crippen LogP contribution < -0.4 is 10.5 Å². The molecule has 0 radical (unpaired) electrons. The fraction of sp³-hybridized carbons (Fsp3) is 0.143. The van der Waals surface area contributed by atoms with Crippen molar-refractivity contribution < 1.29 is 9.68 Å². The van der Waals surface area contributed by atoms with Gasteiger partial charge >= 0.3 is 0 Å². The monoisotopic (exact) mass is 364 g/mol. The lowest BCUT2D eigenvalue weighted by molar-refractivity contribution is 0.160. The molecule has 0 aliphatic carbocycles. The van der Waals surface area contributed by atoms with Crippen molar-refractivity contribution in [2.45, 2.75) is 13.8 Å². The number of hydrogen-bond donors (Lipinski definition) is 0. The third kappa shape index (κ3) is 6.53. The lowest BCUT2D eigenvalue weighted by atomic mass is 10.2. The maximum Gasteiger partial charge on any atom is 0.162 e. The molecule has 2 aromatic rings. The van der Waals surface area contributed by atoms with Gasteiger partial charge in [-0.15, -0.1) is 6.42 Å². The summed E-state index contributed by atoms with van der Waals surface area (Å²) in [7, 11) is 0. The van der Waals surface area contributed by atoms with Gasteiger partial charge in [-0.2, -0.15) is 0 Å². The highest BCUT2D eigenvalue weighted by Gasteiger charge is 2.00. The molecular formula is C21H20N2O4-2. The lowest BCUT2D eigenvalue weighted by Gasteiger charge is -2.30. The first-order valence-electron chi connectivity index (χ1n) is 8.21. The van der Waals surface area contributed by atoms with Gasteiger partial charge in [0.2, 0.25) is 0 Å². The molecule has 2 aromatic carbocycles. The zero-order valence-electron chi connectivity index (χ0n) is 15.2. The Morgan fingerprint density at radius 1 is 0.963 bits per heavy atom. The van der Waals surface area contributed by atoms with Gasteiger partial charge in [-0.05, 0) is 44.2 Å². The second-order valence-electron chi connectivity index (χ2n) is 5.69. The molecule has 0 unspecified atom stereocenters. The topological polar surface area (TPSA) is 71.1 Å². The first-order valence-corrected chi connectivity index (χ1v) is 8.21. The third-order valence-corrected chi connectivity index (χ3v) is 3.47. The van der Waals surface area contributed by atoms with Crippen molar-refractivity contribution in [3.63, 3.8) is 0 Å². The van der Waals surface area contributed by atoms with Gasteiger partial charge < -0.3 is 20.5 Å². The van der Waals surface area contributed by atoms with Crippen LogP contribution in [-0.2, 0) is 9.68 Å². The third-order valence-electron chi connectivity index (χ3n) is 3.47. The van der Waals surface area contributed by atoms with Crippen molar-refractivity contribution in [2.75, 3.05) is 17.1 Å². The molecule has 0 N–H and O–H groups in total. The van der Waals surface area contributed by atoms with Crippen LogP contribution in [-0.4, -0.2) is 6.61 Å². The second-order valence-corrected chi connectivity index (χ2v) is 5.69. The minimum absolute atomic E-state index is 0.0218. The van der Waals surface area contributed by atoms with Gasteiger partial charge in [0.1, 0.15) is 0 Å². The Bertz CT molecular complexity index is 821. The van der Waals surface area contributed by atoms with E-state index in [1.807, 2.05) is 26.0 Å². The summed E-state index contributed by atoms with van der Waals surface area (Å²) in [5, 5.41) is 24.7. The molecular weight excluding hydrogens is 344 g/mol. The number of rotatable bonds is 8. The molecule has 27 heavy (non-hydrogen) atoms. The van der Waals surface area contributed by atoms with Crippen molar-refractivity contribution in [2.24, 2.45) is 0 Å². The normalized spacial score (nSPS) is 11.3. The van der Waals surface area contributed by atoms with Gasteiger partial charge in [0.25, 0.3) is 0 Å². The van der Waals surface area contributed by atoms with Crippen molar-refractivity contribution in [3.8, 4) is 12.3 Å². The van der Waals surface area contributed by atoms with E-state index in [9.17, 15) is 10.4 Å². The van der Waals surface area contributed by atoms with Gasteiger partial charge in [-0.1, -0.05) is 47.4 Å². The summed E-state index contributed by atoms with van der Waals surface area (Å²) in [6.45, 7) is 3.83. The molecule has 0 aliphatic heterocycles. The quantitative estimate of drug-likeness (QED) is 0.296. The number of terminal acetylenes is 1. The van der Waals surface area contributed by atoms with Crippen molar-refractivity contribution in [1.29, 1.82) is 0 Å². The number of aryl methyl sites for hydroxylation is 2. The zero-order valence-corrected chi connectivity index (χ0v) is 15.2. The minimum Gasteiger partial charge on any atom is -0.733 e. The van der Waals surface area contributed by atoms with E-state index in [1.54, 1.807) is 36.4 Å². The van der Waals surface area contributed by atoms with Gasteiger partial charge in [-0.3, -0.25) is 10.1 Å². The molecule has 0 fully saturated rings. The Morgan fingerprint density at radius 3 is 2.00 bits per heavy atom. The van der Waals surface area contributed by atoms with Crippen molar-refractivity contribution in [3.05, 3.63) is 94.1 Å². The van der Waals surface area contributed by atoms with Crippen LogP contribution in [0, 0.1) is 36.6 Å². The van der Waals surface area contributed by atoms with Crippen LogP contribution in [0.5, 0.6) is 0 Å². The standard InChI is InChI=1S/C21H20N2O4/c1-4-6-21(27-23(25)20-14-10-18(3)11-15-20)7-5-16-26-22(24)19-12-8-17(2)9-13-19/h1,5-15H,16H2,2-3H3/q-2/b7-5-,21-6+. The number of anilines is 2. The average molecular weight is 364 g/mol. The Hall–Kier alpha value is -3.24. The summed E-state index contributed by atoms with van der Waals surface area (Å²) in [5.74, 6) is 2.44. The molecule has 0 saturated heterocycles. The number of benzene rings is 2. The van der Waals surface area contributed by atoms with E-state index in [4.69, 9.17) is 16.1 Å². The van der Waals surface area contributed by atoms with Gasteiger partial charge in [0.15, 0.2) is 5.76 Å². The molecule has 0 bridgehead atoms. The highest BCUT2D eigenvalue weighted by atomic mass is 16.9. The van der Waals surface area contributed by atoms with Gasteiger partial charge in [0, 0.05) is 6.08 Å². The Labute approximate surface area is 159 Å². The van der Waals surface area contributed by atoms with Gasteiger partial charge in [0.05, 0.1) is 18.0 Å². The molecule has 0 heterocycles. The zero-order chi connectivity index (χ0) is 19.6. The van der Waals surface area contributed by atoms with Crippen LogP contribution in [0.15, 0.2) is 72.5 Å². The average Bonchev–Trinajstić information content (AvgIpc) is 2.66. The van der Waals surface area contributed by atoms with E-state index in [-0.39, 0.29) is 12.4 Å². The predicted molar refractivity (Wildman–Crippen MR) is 107 cm³/mol. The van der Waals surface area contributed by atoms with E-state index < -0.39 is 0 Å². The van der Waals surface area contributed by atoms with Crippen LogP contribution in [0.4, 0.5) is 11.4 Å². The number of nitrogens with zero attached hydrogens (tertiary/aromatic N) is 2. The summed E-state index contributed by atoms with van der Waals surface area (Å²) in [4.78, 5) is 10.2. The molecule has 0 amide bonds. The van der Waals surface area contributed by atoms with E-state index in [0.717, 1.165) is 11.1 Å². The molecule has 0 aromatic heterocycles. The minimum atomic E-state index is -0.0218. The maximum atomic E-state index is 12.1. The summed E-state index contributed by atoms with van der Waals surface area (Å²) >= 11 is 0. The first kappa shape index (κ1) is 20.1. The summed E-state index contributed by atoms with van der Waals surface area (Å²) < 4.78 is 0. The molecule has 2 rings (SSSR count). The highest BCUT2D eigenvalue weighted by molar-refractivity contribution is 5.47. The Kier molecular flexibility index (Phi) is 7.47. The lowest BCUT2D eigenvalue weighted by Crippen LogP contribution is -2.16. The van der Waals surface area contributed by atoms with Crippen LogP contribution in [0.1, 0.15) is 11.1 Å². The number of hydrogen-bond acceptors (Lipinski definition) is 6. The summed E-state index contributed by atoms with van der Waals surface area (Å²) in [5.41, 5.74) is 2.79. The van der Waals surface area contributed by atoms with Crippen molar-refractivity contribution in [1.82, 2.24) is 0 Å². The fourth-order valence-corrected chi connectivity index (χ4v) is 2.02. The Morgan fingerprint density at radius 2 is 1.48 bits per heavy atom. The molecule has 0 saturated carbocycles. The molecule has 0 spiro atoms. The van der Waals surface area contributed by atoms with E-state index in [2.05, 4.69) is 5.92 Å².